The summed E-state index contributed by atoms with van der Waals surface area (Å²) < 4.78 is 23.4. The lowest BCUT2D eigenvalue weighted by molar-refractivity contribution is -0.252. The van der Waals surface area contributed by atoms with Crippen LogP contribution in [0, 0.1) is 28.1 Å². The molecule has 4 heterocycles. The number of hydrogen-bond donors (Lipinski definition) is 1. The molecule has 2 aliphatic carbocycles. The number of rotatable bonds is 1. The number of carbonyl (C=O) groups is 2. The zero-order chi connectivity index (χ0) is 23.6. The van der Waals surface area contributed by atoms with Crippen molar-refractivity contribution < 1.29 is 33.3 Å². The highest BCUT2D eigenvalue weighted by atomic mass is 16.7. The molecule has 7 nitrogen and oxygen atoms in total. The number of aliphatic hydroxyl groups is 1. The van der Waals surface area contributed by atoms with Gasteiger partial charge in [0, 0.05) is 28.4 Å². The van der Waals surface area contributed by atoms with Crippen LogP contribution in [0.4, 0.5) is 0 Å². The van der Waals surface area contributed by atoms with Gasteiger partial charge in [0.05, 0.1) is 18.6 Å². The quantitative estimate of drug-likeness (QED) is 0.508. The number of carbonyl (C=O) groups excluding carboxylic acids is 2. The molecule has 0 unspecified atom stereocenters. The summed E-state index contributed by atoms with van der Waals surface area (Å²) in [5.74, 6) is -0.820. The molecule has 0 amide bonds. The lowest BCUT2D eigenvalue weighted by atomic mass is 9.37. The van der Waals surface area contributed by atoms with Crippen LogP contribution in [-0.4, -0.2) is 40.5 Å². The van der Waals surface area contributed by atoms with Gasteiger partial charge in [-0.05, 0) is 50.5 Å². The Bertz CT molecular complexity index is 1060. The van der Waals surface area contributed by atoms with Gasteiger partial charge in [-0.2, -0.15) is 0 Å². The Morgan fingerprint density at radius 3 is 2.52 bits per heavy atom. The predicted octanol–water partition coefficient (Wildman–Crippen LogP) is 3.72. The van der Waals surface area contributed by atoms with Crippen LogP contribution in [0.3, 0.4) is 0 Å². The van der Waals surface area contributed by atoms with Gasteiger partial charge in [0.2, 0.25) is 0 Å². The lowest BCUT2D eigenvalue weighted by Gasteiger charge is -2.67. The summed E-state index contributed by atoms with van der Waals surface area (Å²) in [4.78, 5) is 25.5. The molecule has 1 spiro atoms. The minimum atomic E-state index is -0.858. The molecule has 33 heavy (non-hydrogen) atoms. The molecule has 0 radical (unpaired) electrons. The first kappa shape index (κ1) is 21.4. The first-order valence-electron chi connectivity index (χ1n) is 11.9. The molecule has 4 fully saturated rings. The smallest absolute Gasteiger partial charge is 0.339 e. The van der Waals surface area contributed by atoms with E-state index < -0.39 is 45.8 Å². The van der Waals surface area contributed by atoms with Crippen molar-refractivity contribution in [3.8, 4) is 0 Å². The molecule has 2 saturated carbocycles. The summed E-state index contributed by atoms with van der Waals surface area (Å²) in [5, 5.41) is 11.8. The maximum absolute atomic E-state index is 13.1. The number of furan rings is 1. The van der Waals surface area contributed by atoms with Crippen molar-refractivity contribution in [2.75, 3.05) is 0 Å². The highest BCUT2D eigenvalue weighted by Crippen LogP contribution is 2.79. The van der Waals surface area contributed by atoms with Crippen LogP contribution in [0.2, 0.25) is 0 Å². The summed E-state index contributed by atoms with van der Waals surface area (Å²) in [6.45, 7) is 10.3. The van der Waals surface area contributed by atoms with Crippen LogP contribution < -0.4 is 0 Å². The Labute approximate surface area is 193 Å². The Balaban J connectivity index is 1.52. The zero-order valence-electron chi connectivity index (χ0n) is 19.8. The van der Waals surface area contributed by atoms with Crippen LogP contribution >= 0.6 is 0 Å². The van der Waals surface area contributed by atoms with Gasteiger partial charge >= 0.3 is 11.9 Å². The van der Waals surface area contributed by atoms with Crippen molar-refractivity contribution in [1.29, 1.82) is 0 Å². The Kier molecular flexibility index (Phi) is 3.96. The fourth-order valence-electron chi connectivity index (χ4n) is 8.79. The van der Waals surface area contributed by atoms with Gasteiger partial charge in [-0.1, -0.05) is 26.8 Å². The molecule has 2 saturated heterocycles. The average Bonchev–Trinajstić information content (AvgIpc) is 3.33. The van der Waals surface area contributed by atoms with E-state index in [1.807, 2.05) is 26.0 Å². The fraction of sp³-hybridized carbons (Fsp3) is 0.692. The van der Waals surface area contributed by atoms with Gasteiger partial charge in [-0.15, -0.1) is 0 Å². The van der Waals surface area contributed by atoms with Crippen molar-refractivity contribution in [1.82, 2.24) is 0 Å². The predicted molar refractivity (Wildman–Crippen MR) is 116 cm³/mol. The second-order valence-corrected chi connectivity index (χ2v) is 11.9. The summed E-state index contributed by atoms with van der Waals surface area (Å²) in [5.41, 5.74) is -2.44. The molecule has 9 atom stereocenters. The SMILES string of the molecule is CC1(C)OC(=O)C=C[C@]2(C)[C@H]3CC[C@@]4(C)[C@H](c5ccoc5)OC(=O)[C@H]5O[C@]54[C@]3(C)[C@H](O)C[C@@H]12. The number of cyclic esters (lactones) is 2. The second kappa shape index (κ2) is 6.11. The van der Waals surface area contributed by atoms with Gasteiger partial charge in [-0.3, -0.25) is 0 Å². The van der Waals surface area contributed by atoms with E-state index in [1.165, 1.54) is 0 Å². The Morgan fingerprint density at radius 1 is 1.06 bits per heavy atom. The highest BCUT2D eigenvalue weighted by molar-refractivity contribution is 5.83. The Hall–Kier alpha value is -2.12. The number of allylic oxidation sites excluding steroid dienone is 1. The van der Waals surface area contributed by atoms with E-state index >= 15 is 0 Å². The van der Waals surface area contributed by atoms with Crippen molar-refractivity contribution in [2.24, 2.45) is 28.1 Å². The third kappa shape index (κ3) is 2.28. The number of epoxide rings is 1. The number of hydrogen-bond acceptors (Lipinski definition) is 7. The lowest BCUT2D eigenvalue weighted by Crippen LogP contribution is -2.72. The molecule has 0 bridgehead atoms. The number of ether oxygens (including phenoxy) is 3. The average molecular weight is 457 g/mol. The molecule has 0 aromatic carbocycles. The number of aliphatic hydroxyl groups excluding tert-OH is 1. The molecular weight excluding hydrogens is 424 g/mol. The van der Waals surface area contributed by atoms with E-state index in [0.717, 1.165) is 18.4 Å². The highest BCUT2D eigenvalue weighted by Gasteiger charge is 2.87. The van der Waals surface area contributed by atoms with Crippen LogP contribution in [0.1, 0.15) is 65.5 Å². The van der Waals surface area contributed by atoms with Crippen LogP contribution in [-0.2, 0) is 23.8 Å². The molecule has 1 aromatic rings. The van der Waals surface area contributed by atoms with E-state index in [2.05, 4.69) is 20.8 Å². The molecule has 5 aliphatic rings. The second-order valence-electron chi connectivity index (χ2n) is 11.9. The van der Waals surface area contributed by atoms with Gasteiger partial charge in [0.15, 0.2) is 6.10 Å². The summed E-state index contributed by atoms with van der Waals surface area (Å²) in [7, 11) is 0. The van der Waals surface area contributed by atoms with Crippen molar-refractivity contribution >= 4 is 11.9 Å². The van der Waals surface area contributed by atoms with Crippen LogP contribution in [0.25, 0.3) is 0 Å². The van der Waals surface area contributed by atoms with E-state index in [0.29, 0.717) is 6.42 Å². The summed E-state index contributed by atoms with van der Waals surface area (Å²) in [6, 6.07) is 1.84. The van der Waals surface area contributed by atoms with Crippen LogP contribution in [0.15, 0.2) is 35.2 Å². The van der Waals surface area contributed by atoms with E-state index in [4.69, 9.17) is 18.6 Å². The monoisotopic (exact) mass is 456 g/mol. The normalized spacial score (nSPS) is 51.8. The molecule has 1 N–H and O–H groups in total. The molecule has 7 heteroatoms. The Morgan fingerprint density at radius 2 is 1.82 bits per heavy atom. The third-order valence-corrected chi connectivity index (χ3v) is 10.2. The molecule has 3 aliphatic heterocycles. The zero-order valence-corrected chi connectivity index (χ0v) is 19.8. The standard InChI is InChI=1S/C26H32O7/c1-22(2)16-12-17(27)25(5)15(23(16,3)9-7-18(28)32-22)6-10-24(4)19(14-8-11-30-13-14)31-21(29)20-26(24,25)33-20/h7-9,11,13,15-17,19-20,27H,6,10,12H2,1-5H3/t15-,16+,17-,19+,20-,23-,24+,25+,26-/m1/s1. The fourth-order valence-corrected chi connectivity index (χ4v) is 8.79. The number of esters is 2. The first-order valence-corrected chi connectivity index (χ1v) is 11.9. The summed E-state index contributed by atoms with van der Waals surface area (Å²) in [6.07, 6.45) is 6.82. The van der Waals surface area contributed by atoms with Gasteiger partial charge in [-0.25, -0.2) is 9.59 Å². The first-order chi connectivity index (χ1) is 15.4. The third-order valence-electron chi connectivity index (χ3n) is 10.2. The van der Waals surface area contributed by atoms with Crippen molar-refractivity contribution in [3.63, 3.8) is 0 Å². The van der Waals surface area contributed by atoms with E-state index in [-0.39, 0.29) is 23.8 Å². The van der Waals surface area contributed by atoms with E-state index in [1.54, 1.807) is 18.6 Å². The molecule has 1 aromatic heterocycles. The van der Waals surface area contributed by atoms with E-state index in [9.17, 15) is 14.7 Å². The van der Waals surface area contributed by atoms with Crippen molar-refractivity contribution in [2.45, 2.75) is 83.4 Å². The molecular formula is C26H32O7. The minimum absolute atomic E-state index is 0.0160. The minimum Gasteiger partial charge on any atom is -0.472 e. The van der Waals surface area contributed by atoms with Crippen LogP contribution in [0.5, 0.6) is 0 Å². The maximum atomic E-state index is 13.1. The molecule has 178 valence electrons. The van der Waals surface area contributed by atoms with Crippen molar-refractivity contribution in [3.05, 3.63) is 36.3 Å². The number of fused-ring (bicyclic) bond motifs is 3. The summed E-state index contributed by atoms with van der Waals surface area (Å²) >= 11 is 0. The largest absolute Gasteiger partial charge is 0.472 e. The van der Waals surface area contributed by atoms with Gasteiger partial charge < -0.3 is 23.7 Å². The molecule has 6 rings (SSSR count). The van der Waals surface area contributed by atoms with Gasteiger partial charge in [0.25, 0.3) is 0 Å². The van der Waals surface area contributed by atoms with Gasteiger partial charge in [0.1, 0.15) is 17.3 Å². The maximum Gasteiger partial charge on any atom is 0.339 e. The topological polar surface area (TPSA) is 98.5 Å².